The third-order valence-corrected chi connectivity index (χ3v) is 10.8. The lowest BCUT2D eigenvalue weighted by Crippen LogP contribution is -2.14. The molecule has 9 aromatic rings. The number of pyridine rings is 1. The summed E-state index contributed by atoms with van der Waals surface area (Å²) < 4.78 is 0. The van der Waals surface area contributed by atoms with Crippen LogP contribution in [0.2, 0.25) is 0 Å². The van der Waals surface area contributed by atoms with Crippen LogP contribution in [0.4, 0.5) is 0 Å². The minimum Gasteiger partial charge on any atom is -0.256 e. The molecule has 0 unspecified atom stereocenters. The minimum atomic E-state index is -0.0634. The molecule has 0 atom stereocenters. The lowest BCUT2D eigenvalue weighted by Gasteiger charge is -2.22. The molecule has 0 saturated carbocycles. The van der Waals surface area contributed by atoms with E-state index in [4.69, 9.17) is 9.97 Å². The Bertz CT molecular complexity index is 2810. The topological polar surface area (TPSA) is 38.7 Å². The highest BCUT2D eigenvalue weighted by atomic mass is 14.9. The fraction of sp³-hybridized carbons (Fsp3) is 0.0625. The van der Waals surface area contributed by atoms with E-state index < -0.39 is 0 Å². The van der Waals surface area contributed by atoms with E-state index in [1.54, 1.807) is 0 Å². The first-order valence-electron chi connectivity index (χ1n) is 17.5. The first-order chi connectivity index (χ1) is 25.0. The molecule has 0 spiro atoms. The first kappa shape index (κ1) is 29.5. The van der Waals surface area contributed by atoms with Crippen LogP contribution in [0.1, 0.15) is 25.0 Å². The Morgan fingerprint density at radius 1 is 0.412 bits per heavy atom. The van der Waals surface area contributed by atoms with Crippen LogP contribution in [0.15, 0.2) is 164 Å². The van der Waals surface area contributed by atoms with Gasteiger partial charge in [0, 0.05) is 33.7 Å². The van der Waals surface area contributed by atoms with Crippen molar-refractivity contribution in [2.45, 2.75) is 19.3 Å². The van der Waals surface area contributed by atoms with E-state index in [1.165, 1.54) is 43.8 Å². The SMILES string of the molecule is CC1(C)c2ccccc2-c2cc3ccc4c(-c5cc(-c6ccccc6)nc(-c6ccc(-c7ccnc8ccccc78)cc6)n5)cccc4c3cc21. The van der Waals surface area contributed by atoms with Crippen molar-refractivity contribution >= 4 is 32.4 Å². The summed E-state index contributed by atoms with van der Waals surface area (Å²) in [5.41, 5.74) is 13.6. The molecule has 0 aliphatic heterocycles. The molecular weight excluding hydrogens is 619 g/mol. The van der Waals surface area contributed by atoms with Gasteiger partial charge in [0.1, 0.15) is 0 Å². The van der Waals surface area contributed by atoms with E-state index in [0.29, 0.717) is 5.82 Å². The lowest BCUT2D eigenvalue weighted by molar-refractivity contribution is 0.661. The van der Waals surface area contributed by atoms with Gasteiger partial charge in [0.2, 0.25) is 0 Å². The zero-order chi connectivity index (χ0) is 34.1. The van der Waals surface area contributed by atoms with E-state index in [0.717, 1.165) is 50.1 Å². The standard InChI is InChI=1S/C48H33N3/c1-48(2)42-17-8-6-13-37(42)41-27-33-23-24-36-35(40(33)28-43(41)48)15-10-16-39(36)46-29-45(31-11-4-3-5-12-31)50-47(51-46)32-21-19-30(20-22-32)34-25-26-49-44-18-9-7-14-38(34)44/h3-29H,1-2H3. The average molecular weight is 652 g/mol. The Morgan fingerprint density at radius 2 is 1.14 bits per heavy atom. The number of nitrogens with zero attached hydrogens (tertiary/aromatic N) is 3. The minimum absolute atomic E-state index is 0.0634. The molecule has 2 heterocycles. The van der Waals surface area contributed by atoms with Crippen LogP contribution in [0.25, 0.3) is 88.6 Å². The van der Waals surface area contributed by atoms with E-state index >= 15 is 0 Å². The molecule has 51 heavy (non-hydrogen) atoms. The Balaban J connectivity index is 1.13. The Hall–Kier alpha value is -6.45. The molecular formula is C48H33N3. The summed E-state index contributed by atoms with van der Waals surface area (Å²) in [6.45, 7) is 4.69. The summed E-state index contributed by atoms with van der Waals surface area (Å²) in [6, 6.07) is 56.3. The van der Waals surface area contributed by atoms with Crippen molar-refractivity contribution in [3.8, 4) is 56.2 Å². The van der Waals surface area contributed by atoms with Crippen molar-refractivity contribution in [3.63, 3.8) is 0 Å². The van der Waals surface area contributed by atoms with Crippen LogP contribution < -0.4 is 0 Å². The van der Waals surface area contributed by atoms with Gasteiger partial charge in [-0.1, -0.05) is 141 Å². The predicted octanol–water partition coefficient (Wildman–Crippen LogP) is 12.3. The highest BCUT2D eigenvalue weighted by Crippen LogP contribution is 2.50. The molecule has 0 saturated heterocycles. The number of benzene rings is 7. The Kier molecular flexibility index (Phi) is 6.53. The number of hydrogen-bond acceptors (Lipinski definition) is 3. The largest absolute Gasteiger partial charge is 0.256 e. The van der Waals surface area contributed by atoms with Gasteiger partial charge in [-0.2, -0.15) is 0 Å². The van der Waals surface area contributed by atoms with Crippen molar-refractivity contribution in [3.05, 3.63) is 175 Å². The average Bonchev–Trinajstić information content (AvgIpc) is 3.42. The molecule has 0 N–H and O–H groups in total. The van der Waals surface area contributed by atoms with Crippen LogP contribution in [0.5, 0.6) is 0 Å². The van der Waals surface area contributed by atoms with Gasteiger partial charge < -0.3 is 0 Å². The van der Waals surface area contributed by atoms with E-state index in [2.05, 4.69) is 164 Å². The fourth-order valence-corrected chi connectivity index (χ4v) is 8.13. The van der Waals surface area contributed by atoms with Crippen molar-refractivity contribution < 1.29 is 0 Å². The Labute approximate surface area is 297 Å². The van der Waals surface area contributed by atoms with Crippen LogP contribution in [0.3, 0.4) is 0 Å². The Morgan fingerprint density at radius 3 is 2.02 bits per heavy atom. The monoisotopic (exact) mass is 651 g/mol. The van der Waals surface area contributed by atoms with Crippen LogP contribution in [-0.2, 0) is 5.41 Å². The van der Waals surface area contributed by atoms with Crippen LogP contribution in [-0.4, -0.2) is 15.0 Å². The van der Waals surface area contributed by atoms with Gasteiger partial charge in [-0.25, -0.2) is 9.97 Å². The van der Waals surface area contributed by atoms with Crippen molar-refractivity contribution in [1.29, 1.82) is 0 Å². The molecule has 7 aromatic carbocycles. The van der Waals surface area contributed by atoms with Crippen molar-refractivity contribution in [2.75, 3.05) is 0 Å². The van der Waals surface area contributed by atoms with Gasteiger partial charge in [-0.05, 0) is 85.3 Å². The summed E-state index contributed by atoms with van der Waals surface area (Å²) in [5.74, 6) is 0.701. The highest BCUT2D eigenvalue weighted by molar-refractivity contribution is 6.13. The van der Waals surface area contributed by atoms with Gasteiger partial charge in [0.15, 0.2) is 5.82 Å². The van der Waals surface area contributed by atoms with Crippen LogP contribution in [0, 0.1) is 0 Å². The maximum atomic E-state index is 5.27. The number of aromatic nitrogens is 3. The van der Waals surface area contributed by atoms with Crippen LogP contribution >= 0.6 is 0 Å². The third kappa shape index (κ3) is 4.69. The molecule has 0 amide bonds. The van der Waals surface area contributed by atoms with Gasteiger partial charge in [0.25, 0.3) is 0 Å². The maximum Gasteiger partial charge on any atom is 0.160 e. The molecule has 0 fully saturated rings. The first-order valence-corrected chi connectivity index (χ1v) is 17.5. The van der Waals surface area contributed by atoms with Crippen molar-refractivity contribution in [1.82, 2.24) is 15.0 Å². The molecule has 240 valence electrons. The highest BCUT2D eigenvalue weighted by Gasteiger charge is 2.35. The fourth-order valence-electron chi connectivity index (χ4n) is 8.13. The predicted molar refractivity (Wildman–Crippen MR) is 212 cm³/mol. The molecule has 0 radical (unpaired) electrons. The number of hydrogen-bond donors (Lipinski definition) is 0. The summed E-state index contributed by atoms with van der Waals surface area (Å²) in [6.07, 6.45) is 1.88. The number of fused-ring (bicyclic) bond motifs is 7. The molecule has 1 aliphatic rings. The molecule has 1 aliphatic carbocycles. The van der Waals surface area contributed by atoms with E-state index in [1.807, 2.05) is 18.3 Å². The maximum absolute atomic E-state index is 5.27. The molecule has 3 heteroatoms. The quantitative estimate of drug-likeness (QED) is 0.178. The molecule has 0 bridgehead atoms. The molecule has 2 aromatic heterocycles. The summed E-state index contributed by atoms with van der Waals surface area (Å²) >= 11 is 0. The van der Waals surface area contributed by atoms with Gasteiger partial charge in [-0.15, -0.1) is 0 Å². The second-order valence-corrected chi connectivity index (χ2v) is 14.0. The molecule has 10 rings (SSSR count). The molecule has 3 nitrogen and oxygen atoms in total. The normalized spacial score (nSPS) is 13.1. The summed E-state index contributed by atoms with van der Waals surface area (Å²) in [7, 11) is 0. The third-order valence-electron chi connectivity index (χ3n) is 10.8. The van der Waals surface area contributed by atoms with E-state index in [-0.39, 0.29) is 5.41 Å². The van der Waals surface area contributed by atoms with Gasteiger partial charge in [-0.3, -0.25) is 4.98 Å². The van der Waals surface area contributed by atoms with E-state index in [9.17, 15) is 0 Å². The lowest BCUT2D eigenvalue weighted by atomic mass is 9.81. The van der Waals surface area contributed by atoms with Crippen molar-refractivity contribution in [2.24, 2.45) is 0 Å². The zero-order valence-corrected chi connectivity index (χ0v) is 28.4. The summed E-state index contributed by atoms with van der Waals surface area (Å²) in [5, 5.41) is 6.07. The zero-order valence-electron chi connectivity index (χ0n) is 28.4. The smallest absolute Gasteiger partial charge is 0.160 e. The second-order valence-electron chi connectivity index (χ2n) is 14.0. The number of para-hydroxylation sites is 1. The second kappa shape index (κ2) is 11.3. The van der Waals surface area contributed by atoms with Gasteiger partial charge >= 0.3 is 0 Å². The van der Waals surface area contributed by atoms with Gasteiger partial charge in [0.05, 0.1) is 16.9 Å². The summed E-state index contributed by atoms with van der Waals surface area (Å²) in [4.78, 5) is 15.0. The number of rotatable bonds is 4.